The fourth-order valence-corrected chi connectivity index (χ4v) is 2.38. The van der Waals surface area contributed by atoms with Crippen LogP contribution in [-0.4, -0.2) is 9.97 Å². The minimum atomic E-state index is -0.0443. The minimum absolute atomic E-state index is 0.0443. The summed E-state index contributed by atoms with van der Waals surface area (Å²) in [4.78, 5) is 9.25. The fraction of sp³-hybridized carbons (Fsp3) is 0.412. The first-order chi connectivity index (χ1) is 9.97. The third kappa shape index (κ3) is 3.05. The normalized spacial score (nSPS) is 15.0. The number of hydrogen-bond acceptors (Lipinski definition) is 4. The second-order valence-corrected chi connectivity index (χ2v) is 6.76. The number of hydrogen-bond donors (Lipinski definition) is 2. The molecule has 0 bridgehead atoms. The molecule has 1 aliphatic rings. The van der Waals surface area contributed by atoms with E-state index in [9.17, 15) is 0 Å². The Labute approximate surface area is 125 Å². The molecule has 0 unspecified atom stereocenters. The number of nitrogens with zero attached hydrogens (tertiary/aromatic N) is 2. The molecule has 21 heavy (non-hydrogen) atoms. The standard InChI is InChI=1S/C17H22N4/c1-17(2,3)14-10-15(21-18)20-16(19-14)13-6-4-5-12(9-13)11-7-8-11/h4-6,9-11H,7-8,18H2,1-3H3,(H,19,20,21). The van der Waals surface area contributed by atoms with E-state index in [1.54, 1.807) is 0 Å². The van der Waals surface area contributed by atoms with Gasteiger partial charge in [0.05, 0.1) is 5.69 Å². The van der Waals surface area contributed by atoms with E-state index < -0.39 is 0 Å². The number of nitrogens with two attached hydrogens (primary N) is 1. The van der Waals surface area contributed by atoms with Crippen LogP contribution in [0.4, 0.5) is 5.82 Å². The highest BCUT2D eigenvalue weighted by Crippen LogP contribution is 2.41. The van der Waals surface area contributed by atoms with Crippen LogP contribution in [0.3, 0.4) is 0 Å². The lowest BCUT2D eigenvalue weighted by atomic mass is 9.91. The van der Waals surface area contributed by atoms with Gasteiger partial charge in [0, 0.05) is 17.0 Å². The van der Waals surface area contributed by atoms with Crippen LogP contribution >= 0.6 is 0 Å². The molecule has 1 aromatic carbocycles. The molecule has 3 rings (SSSR count). The quantitative estimate of drug-likeness (QED) is 0.667. The number of nitrogens with one attached hydrogen (secondary N) is 1. The van der Waals surface area contributed by atoms with E-state index in [1.165, 1.54) is 18.4 Å². The topological polar surface area (TPSA) is 63.8 Å². The van der Waals surface area contributed by atoms with Gasteiger partial charge in [0.15, 0.2) is 5.82 Å². The molecule has 0 atom stereocenters. The highest BCUT2D eigenvalue weighted by atomic mass is 15.3. The van der Waals surface area contributed by atoms with Gasteiger partial charge in [-0.05, 0) is 30.4 Å². The van der Waals surface area contributed by atoms with Gasteiger partial charge in [-0.15, -0.1) is 0 Å². The van der Waals surface area contributed by atoms with Crippen LogP contribution in [0.2, 0.25) is 0 Å². The summed E-state index contributed by atoms with van der Waals surface area (Å²) in [5.41, 5.74) is 6.03. The van der Waals surface area contributed by atoms with Gasteiger partial charge in [0.25, 0.3) is 0 Å². The van der Waals surface area contributed by atoms with E-state index in [1.807, 2.05) is 6.07 Å². The highest BCUT2D eigenvalue weighted by molar-refractivity contribution is 5.59. The minimum Gasteiger partial charge on any atom is -0.308 e. The number of rotatable bonds is 3. The van der Waals surface area contributed by atoms with Gasteiger partial charge >= 0.3 is 0 Å². The lowest BCUT2D eigenvalue weighted by Gasteiger charge is -2.19. The number of aromatic nitrogens is 2. The van der Waals surface area contributed by atoms with Gasteiger partial charge in [0.1, 0.15) is 5.82 Å². The summed E-state index contributed by atoms with van der Waals surface area (Å²) in [7, 11) is 0. The Morgan fingerprint density at radius 3 is 2.52 bits per heavy atom. The van der Waals surface area contributed by atoms with Gasteiger partial charge in [-0.2, -0.15) is 0 Å². The maximum atomic E-state index is 5.56. The largest absolute Gasteiger partial charge is 0.308 e. The maximum absolute atomic E-state index is 5.56. The van der Waals surface area contributed by atoms with Gasteiger partial charge < -0.3 is 5.43 Å². The zero-order valence-electron chi connectivity index (χ0n) is 12.9. The third-order valence-electron chi connectivity index (χ3n) is 3.84. The number of nitrogen functional groups attached to an aromatic ring is 1. The van der Waals surface area contributed by atoms with Gasteiger partial charge in [-0.1, -0.05) is 39.0 Å². The molecule has 0 aliphatic heterocycles. The van der Waals surface area contributed by atoms with Crippen molar-refractivity contribution >= 4 is 5.82 Å². The molecule has 0 saturated heterocycles. The van der Waals surface area contributed by atoms with E-state index in [0.29, 0.717) is 5.82 Å². The van der Waals surface area contributed by atoms with Crippen LogP contribution in [0.5, 0.6) is 0 Å². The average molecular weight is 282 g/mol. The summed E-state index contributed by atoms with van der Waals surface area (Å²) in [5.74, 6) is 7.67. The number of anilines is 1. The highest BCUT2D eigenvalue weighted by Gasteiger charge is 2.24. The van der Waals surface area contributed by atoms with Crippen molar-refractivity contribution < 1.29 is 0 Å². The van der Waals surface area contributed by atoms with Crippen LogP contribution in [0.25, 0.3) is 11.4 Å². The second-order valence-electron chi connectivity index (χ2n) is 6.76. The second kappa shape index (κ2) is 5.11. The van der Waals surface area contributed by atoms with Crippen molar-refractivity contribution in [3.05, 3.63) is 41.6 Å². The molecule has 0 spiro atoms. The monoisotopic (exact) mass is 282 g/mol. The average Bonchev–Trinajstić information content (AvgIpc) is 3.30. The van der Waals surface area contributed by atoms with Crippen molar-refractivity contribution in [2.24, 2.45) is 5.84 Å². The smallest absolute Gasteiger partial charge is 0.161 e. The SMILES string of the molecule is CC(C)(C)c1cc(NN)nc(-c2cccc(C3CC3)c2)n1. The molecular weight excluding hydrogens is 260 g/mol. The predicted molar refractivity (Wildman–Crippen MR) is 86.0 cm³/mol. The van der Waals surface area contributed by atoms with Crippen molar-refractivity contribution in [2.75, 3.05) is 5.43 Å². The molecule has 1 aliphatic carbocycles. The number of benzene rings is 1. The Morgan fingerprint density at radius 1 is 1.14 bits per heavy atom. The molecule has 2 aromatic rings. The van der Waals surface area contributed by atoms with Crippen molar-refractivity contribution in [3.8, 4) is 11.4 Å². The van der Waals surface area contributed by atoms with Gasteiger partial charge in [-0.25, -0.2) is 15.8 Å². The lowest BCUT2D eigenvalue weighted by Crippen LogP contribution is -2.17. The molecule has 1 heterocycles. The molecule has 1 saturated carbocycles. The zero-order chi connectivity index (χ0) is 15.0. The van der Waals surface area contributed by atoms with E-state index in [4.69, 9.17) is 10.8 Å². The summed E-state index contributed by atoms with van der Waals surface area (Å²) in [6.07, 6.45) is 2.59. The van der Waals surface area contributed by atoms with Crippen molar-refractivity contribution in [2.45, 2.75) is 44.9 Å². The first-order valence-corrected chi connectivity index (χ1v) is 7.44. The van der Waals surface area contributed by atoms with E-state index >= 15 is 0 Å². The molecule has 0 radical (unpaired) electrons. The Morgan fingerprint density at radius 2 is 1.90 bits per heavy atom. The first kappa shape index (κ1) is 14.0. The Bertz CT molecular complexity index is 654. The van der Waals surface area contributed by atoms with E-state index in [0.717, 1.165) is 23.0 Å². The summed E-state index contributed by atoms with van der Waals surface area (Å²) in [5, 5.41) is 0. The van der Waals surface area contributed by atoms with Crippen LogP contribution < -0.4 is 11.3 Å². The zero-order valence-corrected chi connectivity index (χ0v) is 12.9. The third-order valence-corrected chi connectivity index (χ3v) is 3.84. The van der Waals surface area contributed by atoms with E-state index in [2.05, 4.69) is 55.4 Å². The van der Waals surface area contributed by atoms with Crippen molar-refractivity contribution in [3.63, 3.8) is 0 Å². The van der Waals surface area contributed by atoms with E-state index in [-0.39, 0.29) is 5.41 Å². The Balaban J connectivity index is 2.06. The van der Waals surface area contributed by atoms with Crippen LogP contribution in [0.15, 0.2) is 30.3 Å². The van der Waals surface area contributed by atoms with Crippen molar-refractivity contribution in [1.82, 2.24) is 9.97 Å². The summed E-state index contributed by atoms with van der Waals surface area (Å²) < 4.78 is 0. The molecular formula is C17H22N4. The van der Waals surface area contributed by atoms with Gasteiger partial charge in [0.2, 0.25) is 0 Å². The van der Waals surface area contributed by atoms with Crippen LogP contribution in [0.1, 0.15) is 50.8 Å². The summed E-state index contributed by atoms with van der Waals surface area (Å²) >= 11 is 0. The number of hydrazine groups is 1. The van der Waals surface area contributed by atoms with Crippen LogP contribution in [0, 0.1) is 0 Å². The molecule has 0 amide bonds. The first-order valence-electron chi connectivity index (χ1n) is 7.44. The van der Waals surface area contributed by atoms with Crippen molar-refractivity contribution in [1.29, 1.82) is 0 Å². The molecule has 4 nitrogen and oxygen atoms in total. The summed E-state index contributed by atoms with van der Waals surface area (Å²) in [6, 6.07) is 10.5. The summed E-state index contributed by atoms with van der Waals surface area (Å²) in [6.45, 7) is 6.42. The Kier molecular flexibility index (Phi) is 3.41. The Hall–Kier alpha value is -1.94. The molecule has 4 heteroatoms. The van der Waals surface area contributed by atoms with Crippen LogP contribution in [-0.2, 0) is 5.41 Å². The predicted octanol–water partition coefficient (Wildman–Crippen LogP) is 3.60. The molecule has 1 aromatic heterocycles. The lowest BCUT2D eigenvalue weighted by molar-refractivity contribution is 0.568. The molecule has 1 fully saturated rings. The molecule has 3 N–H and O–H groups in total. The van der Waals surface area contributed by atoms with Gasteiger partial charge in [-0.3, -0.25) is 0 Å². The molecule has 110 valence electrons. The maximum Gasteiger partial charge on any atom is 0.161 e. The fourth-order valence-electron chi connectivity index (χ4n) is 2.38.